The topological polar surface area (TPSA) is 79.0 Å². The van der Waals surface area contributed by atoms with E-state index in [9.17, 15) is 14.4 Å². The van der Waals surface area contributed by atoms with E-state index in [4.69, 9.17) is 4.74 Å². The van der Waals surface area contributed by atoms with Crippen molar-refractivity contribution in [3.8, 4) is 0 Å². The lowest BCUT2D eigenvalue weighted by atomic mass is 9.63. The van der Waals surface area contributed by atoms with Gasteiger partial charge in [0, 0.05) is 19.6 Å². The van der Waals surface area contributed by atoms with Crippen LogP contribution in [0.5, 0.6) is 0 Å². The summed E-state index contributed by atoms with van der Waals surface area (Å²) in [6.45, 7) is 2.74. The molecule has 2 aliphatic heterocycles. The highest BCUT2D eigenvalue weighted by atomic mass is 16.5. The molecule has 0 aromatic heterocycles. The molecule has 5 aliphatic rings. The van der Waals surface area contributed by atoms with Crippen molar-refractivity contribution in [1.82, 2.24) is 10.2 Å². The maximum Gasteiger partial charge on any atom is 0.317 e. The number of amides is 4. The molecule has 2 bridgehead atoms. The van der Waals surface area contributed by atoms with Gasteiger partial charge in [-0.05, 0) is 42.4 Å². The van der Waals surface area contributed by atoms with Gasteiger partial charge in [0.15, 0.2) is 0 Å². The third kappa shape index (κ3) is 3.13. The maximum atomic E-state index is 13.0. The fourth-order valence-corrected chi connectivity index (χ4v) is 5.15. The van der Waals surface area contributed by atoms with Gasteiger partial charge in [0.2, 0.25) is 11.8 Å². The zero-order valence-electron chi connectivity index (χ0n) is 16.3. The number of anilines is 1. The summed E-state index contributed by atoms with van der Waals surface area (Å²) in [5, 5.41) is 2.91. The molecule has 152 valence electrons. The number of urea groups is 1. The van der Waals surface area contributed by atoms with Crippen LogP contribution >= 0.6 is 0 Å². The van der Waals surface area contributed by atoms with Crippen molar-refractivity contribution in [1.29, 1.82) is 0 Å². The van der Waals surface area contributed by atoms with Crippen LogP contribution in [0, 0.1) is 23.7 Å². The van der Waals surface area contributed by atoms with Crippen molar-refractivity contribution in [2.24, 2.45) is 23.7 Å². The van der Waals surface area contributed by atoms with Gasteiger partial charge in [0.25, 0.3) is 0 Å². The first-order valence-electron chi connectivity index (χ1n) is 10.4. The van der Waals surface area contributed by atoms with Crippen molar-refractivity contribution in [3.05, 3.63) is 42.0 Å². The number of ether oxygens (including phenoxy) is 1. The maximum absolute atomic E-state index is 13.0. The molecule has 4 unspecified atom stereocenters. The molecule has 1 N–H and O–H groups in total. The Morgan fingerprint density at radius 1 is 0.966 bits per heavy atom. The third-order valence-corrected chi connectivity index (χ3v) is 6.70. The molecule has 6 rings (SSSR count). The fraction of sp³-hybridized carbons (Fsp3) is 0.500. The minimum atomic E-state index is -0.196. The average molecular weight is 395 g/mol. The van der Waals surface area contributed by atoms with Crippen LogP contribution < -0.4 is 10.2 Å². The fourth-order valence-electron chi connectivity index (χ4n) is 5.15. The Kier molecular flexibility index (Phi) is 4.62. The summed E-state index contributed by atoms with van der Waals surface area (Å²) in [7, 11) is 0. The van der Waals surface area contributed by atoms with E-state index in [0.717, 1.165) is 18.4 Å². The molecule has 7 nitrogen and oxygen atoms in total. The number of nitrogens with one attached hydrogen (secondary N) is 1. The molecule has 4 amide bonds. The Morgan fingerprint density at radius 2 is 1.55 bits per heavy atom. The first-order valence-corrected chi connectivity index (χ1v) is 10.4. The largest absolute Gasteiger partial charge is 0.378 e. The van der Waals surface area contributed by atoms with Crippen LogP contribution in [0.2, 0.25) is 0 Å². The van der Waals surface area contributed by atoms with E-state index >= 15 is 0 Å². The molecule has 1 aromatic rings. The van der Waals surface area contributed by atoms with Crippen molar-refractivity contribution < 1.29 is 19.1 Å². The van der Waals surface area contributed by atoms with Gasteiger partial charge in [0.1, 0.15) is 0 Å². The zero-order valence-corrected chi connectivity index (χ0v) is 16.3. The quantitative estimate of drug-likeness (QED) is 0.627. The van der Waals surface area contributed by atoms with E-state index < -0.39 is 0 Å². The second-order valence-corrected chi connectivity index (χ2v) is 8.28. The molecule has 0 radical (unpaired) electrons. The molecule has 1 saturated carbocycles. The highest BCUT2D eigenvalue weighted by Gasteiger charge is 2.56. The zero-order chi connectivity index (χ0) is 20.0. The van der Waals surface area contributed by atoms with Crippen LogP contribution in [0.25, 0.3) is 0 Å². The second kappa shape index (κ2) is 7.30. The molecule has 3 fully saturated rings. The van der Waals surface area contributed by atoms with E-state index in [1.165, 1.54) is 4.90 Å². The number of allylic oxidation sites excluding steroid dienone is 2. The predicted octanol–water partition coefficient (Wildman–Crippen LogP) is 1.93. The van der Waals surface area contributed by atoms with Gasteiger partial charge >= 0.3 is 6.03 Å². The predicted molar refractivity (Wildman–Crippen MR) is 106 cm³/mol. The molecule has 7 heteroatoms. The van der Waals surface area contributed by atoms with Gasteiger partial charge in [0.05, 0.1) is 30.7 Å². The standard InChI is InChI=1S/C22H25N3O4/c26-20-18-15-3-4-16(6-5-15)19(18)21(27)25(20)17-7-1-14(2-8-17)13-23-22(28)24-9-11-29-12-10-24/h1-4,7-8,15-16,18-19H,5-6,9-13H2,(H,23,28). The summed E-state index contributed by atoms with van der Waals surface area (Å²) in [4.78, 5) is 41.3. The molecule has 2 heterocycles. The van der Waals surface area contributed by atoms with E-state index in [0.29, 0.717) is 38.5 Å². The van der Waals surface area contributed by atoms with Crippen molar-refractivity contribution in [2.75, 3.05) is 31.2 Å². The Hall–Kier alpha value is -2.67. The number of carbonyl (C=O) groups is 3. The lowest BCUT2D eigenvalue weighted by Crippen LogP contribution is -2.45. The van der Waals surface area contributed by atoms with E-state index in [2.05, 4.69) is 17.5 Å². The smallest absolute Gasteiger partial charge is 0.317 e. The number of imide groups is 1. The van der Waals surface area contributed by atoms with Crippen molar-refractivity contribution >= 4 is 23.5 Å². The van der Waals surface area contributed by atoms with E-state index in [-0.39, 0.29) is 41.5 Å². The molecular formula is C22H25N3O4. The number of carbonyl (C=O) groups excluding carboxylic acids is 3. The summed E-state index contributed by atoms with van der Waals surface area (Å²) in [6, 6.07) is 7.24. The second-order valence-electron chi connectivity index (χ2n) is 8.28. The molecule has 29 heavy (non-hydrogen) atoms. The Labute approximate surface area is 169 Å². The highest BCUT2D eigenvalue weighted by Crippen LogP contribution is 2.50. The van der Waals surface area contributed by atoms with Crippen LogP contribution in [-0.4, -0.2) is 49.0 Å². The van der Waals surface area contributed by atoms with Gasteiger partial charge < -0.3 is 15.0 Å². The summed E-state index contributed by atoms with van der Waals surface area (Å²) in [5.41, 5.74) is 1.55. The number of hydrogen-bond donors (Lipinski definition) is 1. The van der Waals surface area contributed by atoms with Gasteiger partial charge in [-0.1, -0.05) is 24.3 Å². The third-order valence-electron chi connectivity index (χ3n) is 6.70. The van der Waals surface area contributed by atoms with Crippen molar-refractivity contribution in [2.45, 2.75) is 19.4 Å². The molecule has 0 spiro atoms. The first-order chi connectivity index (χ1) is 14.1. The van der Waals surface area contributed by atoms with Gasteiger partial charge in [-0.15, -0.1) is 0 Å². The monoisotopic (exact) mass is 395 g/mol. The molecule has 3 aliphatic carbocycles. The number of hydrogen-bond acceptors (Lipinski definition) is 4. The molecule has 2 saturated heterocycles. The number of rotatable bonds is 3. The summed E-state index contributed by atoms with van der Waals surface area (Å²) in [5.74, 6) is -0.125. The summed E-state index contributed by atoms with van der Waals surface area (Å²) < 4.78 is 5.26. The highest BCUT2D eigenvalue weighted by molar-refractivity contribution is 6.22. The minimum absolute atomic E-state index is 0.0626. The number of benzene rings is 1. The van der Waals surface area contributed by atoms with E-state index in [1.807, 2.05) is 12.1 Å². The summed E-state index contributed by atoms with van der Waals surface area (Å²) >= 11 is 0. The van der Waals surface area contributed by atoms with E-state index in [1.54, 1.807) is 17.0 Å². The van der Waals surface area contributed by atoms with Crippen LogP contribution in [0.4, 0.5) is 10.5 Å². The van der Waals surface area contributed by atoms with Crippen LogP contribution in [-0.2, 0) is 20.9 Å². The SMILES string of the molecule is O=C(NCc1ccc(N2C(=O)C3C4C=CC(CC4)C3C2=O)cc1)N1CCOCC1. The van der Waals surface area contributed by atoms with Crippen molar-refractivity contribution in [3.63, 3.8) is 0 Å². The van der Waals surface area contributed by atoms with Crippen LogP contribution in [0.3, 0.4) is 0 Å². The Bertz CT molecular complexity index is 827. The lowest BCUT2D eigenvalue weighted by Gasteiger charge is -2.38. The van der Waals surface area contributed by atoms with Crippen LogP contribution in [0.15, 0.2) is 36.4 Å². The van der Waals surface area contributed by atoms with Crippen LogP contribution in [0.1, 0.15) is 18.4 Å². The van der Waals surface area contributed by atoms with Gasteiger partial charge in [-0.2, -0.15) is 0 Å². The first kappa shape index (κ1) is 18.4. The average Bonchev–Trinajstić information content (AvgIpc) is 3.06. The number of nitrogens with zero attached hydrogens (tertiary/aromatic N) is 2. The molecule has 1 aromatic carbocycles. The number of fused-ring (bicyclic) bond motifs is 1. The van der Waals surface area contributed by atoms with Gasteiger partial charge in [-0.25, -0.2) is 4.79 Å². The lowest BCUT2D eigenvalue weighted by molar-refractivity contribution is -0.124. The molecular weight excluding hydrogens is 370 g/mol. The minimum Gasteiger partial charge on any atom is -0.378 e. The summed E-state index contributed by atoms with van der Waals surface area (Å²) in [6.07, 6.45) is 6.25. The molecule has 4 atom stereocenters. The Balaban J connectivity index is 1.25. The normalized spacial score (nSPS) is 30.6. The number of morpholine rings is 1. The Morgan fingerprint density at radius 3 is 2.10 bits per heavy atom. The van der Waals surface area contributed by atoms with Gasteiger partial charge in [-0.3, -0.25) is 14.5 Å².